The topological polar surface area (TPSA) is 21.3 Å². The molecule has 1 heterocycles. The molecule has 19 heavy (non-hydrogen) atoms. The van der Waals surface area contributed by atoms with Crippen LogP contribution in [0.4, 0.5) is 10.1 Å². The molecule has 2 aromatic rings. The third-order valence-electron chi connectivity index (χ3n) is 3.51. The van der Waals surface area contributed by atoms with Gasteiger partial charge in [0.25, 0.3) is 0 Å². The normalized spacial score (nSPS) is 16.8. The Hall–Kier alpha value is -2.03. The zero-order valence-electron chi connectivity index (χ0n) is 10.8. The quantitative estimate of drug-likeness (QED) is 0.904. The van der Waals surface area contributed by atoms with Crippen molar-refractivity contribution in [2.75, 3.05) is 18.5 Å². The molecule has 1 aliphatic heterocycles. The molecule has 2 aromatic carbocycles. The van der Waals surface area contributed by atoms with Gasteiger partial charge in [-0.2, -0.15) is 0 Å². The summed E-state index contributed by atoms with van der Waals surface area (Å²) >= 11 is 0. The van der Waals surface area contributed by atoms with E-state index in [4.69, 9.17) is 4.74 Å². The van der Waals surface area contributed by atoms with E-state index < -0.39 is 0 Å². The lowest BCUT2D eigenvalue weighted by Gasteiger charge is -2.12. The summed E-state index contributed by atoms with van der Waals surface area (Å²) in [5.41, 5.74) is 2.85. The highest BCUT2D eigenvalue weighted by Crippen LogP contribution is 2.33. The van der Waals surface area contributed by atoms with Crippen LogP contribution in [0.3, 0.4) is 0 Å². The minimum atomic E-state index is -0.167. The van der Waals surface area contributed by atoms with Gasteiger partial charge in [-0.25, -0.2) is 4.39 Å². The third kappa shape index (κ3) is 2.41. The van der Waals surface area contributed by atoms with Crippen molar-refractivity contribution >= 4 is 5.69 Å². The van der Waals surface area contributed by atoms with Gasteiger partial charge in [-0.1, -0.05) is 18.2 Å². The summed E-state index contributed by atoms with van der Waals surface area (Å²) in [6, 6.07) is 13.2. The molecule has 0 spiro atoms. The first-order chi connectivity index (χ1) is 9.24. The van der Waals surface area contributed by atoms with Crippen molar-refractivity contribution in [3.05, 3.63) is 59.4 Å². The smallest absolute Gasteiger partial charge is 0.126 e. The number of ether oxygens (including phenoxy) is 1. The van der Waals surface area contributed by atoms with Crippen molar-refractivity contribution in [3.8, 4) is 5.75 Å². The first-order valence-electron chi connectivity index (χ1n) is 6.46. The Labute approximate surface area is 112 Å². The van der Waals surface area contributed by atoms with Crippen LogP contribution >= 0.6 is 0 Å². The van der Waals surface area contributed by atoms with Gasteiger partial charge >= 0.3 is 0 Å². The Kier molecular flexibility index (Phi) is 3.11. The Balaban J connectivity index is 1.69. The highest BCUT2D eigenvalue weighted by molar-refractivity contribution is 5.47. The first-order valence-corrected chi connectivity index (χ1v) is 6.46. The van der Waals surface area contributed by atoms with Gasteiger partial charge in [0.05, 0.1) is 6.61 Å². The van der Waals surface area contributed by atoms with Gasteiger partial charge in [-0.05, 0) is 36.8 Å². The molecule has 0 amide bonds. The number of fused-ring (bicyclic) bond motifs is 1. The van der Waals surface area contributed by atoms with Crippen molar-refractivity contribution in [2.24, 2.45) is 0 Å². The Morgan fingerprint density at radius 2 is 2.11 bits per heavy atom. The molecule has 1 atom stereocenters. The van der Waals surface area contributed by atoms with Gasteiger partial charge in [0.15, 0.2) is 0 Å². The Morgan fingerprint density at radius 1 is 1.26 bits per heavy atom. The molecule has 1 aliphatic rings. The second-order valence-electron chi connectivity index (χ2n) is 4.89. The standard InChI is InChI=1S/C16H16FNO/c1-11-8-13(6-7-15(11)17)18-9-12-10-19-16-5-3-2-4-14(12)16/h2-8,12,18H,9-10H2,1H3. The first kappa shape index (κ1) is 12.0. The predicted molar refractivity (Wildman–Crippen MR) is 74.3 cm³/mol. The lowest BCUT2D eigenvalue weighted by Crippen LogP contribution is -2.14. The number of hydrogen-bond donors (Lipinski definition) is 1. The van der Waals surface area contributed by atoms with Gasteiger partial charge in [0, 0.05) is 23.7 Å². The second kappa shape index (κ2) is 4.92. The van der Waals surface area contributed by atoms with E-state index in [0.717, 1.165) is 18.0 Å². The minimum Gasteiger partial charge on any atom is -0.493 e. The number of aryl methyl sites for hydroxylation is 1. The molecule has 0 radical (unpaired) electrons. The fraction of sp³-hybridized carbons (Fsp3) is 0.250. The fourth-order valence-electron chi connectivity index (χ4n) is 2.39. The average molecular weight is 257 g/mol. The molecule has 3 heteroatoms. The van der Waals surface area contributed by atoms with Crippen LogP contribution in [0.15, 0.2) is 42.5 Å². The molecule has 0 saturated heterocycles. The molecule has 2 nitrogen and oxygen atoms in total. The summed E-state index contributed by atoms with van der Waals surface area (Å²) in [7, 11) is 0. The number of para-hydroxylation sites is 1. The maximum absolute atomic E-state index is 13.2. The van der Waals surface area contributed by atoms with Gasteiger partial charge < -0.3 is 10.1 Å². The lowest BCUT2D eigenvalue weighted by molar-refractivity contribution is 0.334. The van der Waals surface area contributed by atoms with Gasteiger partial charge in [0.2, 0.25) is 0 Å². The van der Waals surface area contributed by atoms with Crippen LogP contribution in [-0.2, 0) is 0 Å². The van der Waals surface area contributed by atoms with Crippen LogP contribution in [0.2, 0.25) is 0 Å². The minimum absolute atomic E-state index is 0.167. The molecular weight excluding hydrogens is 241 g/mol. The summed E-state index contributed by atoms with van der Waals surface area (Å²) < 4.78 is 18.8. The molecule has 0 saturated carbocycles. The SMILES string of the molecule is Cc1cc(NCC2COc3ccccc32)ccc1F. The number of hydrogen-bond acceptors (Lipinski definition) is 2. The van der Waals surface area contributed by atoms with Crippen molar-refractivity contribution in [1.29, 1.82) is 0 Å². The molecule has 3 rings (SSSR count). The van der Waals surface area contributed by atoms with Crippen molar-refractivity contribution < 1.29 is 9.13 Å². The molecule has 1 N–H and O–H groups in total. The van der Waals surface area contributed by atoms with E-state index in [0.29, 0.717) is 18.1 Å². The number of halogens is 1. The van der Waals surface area contributed by atoms with E-state index in [-0.39, 0.29) is 5.82 Å². The lowest BCUT2D eigenvalue weighted by atomic mass is 10.0. The van der Waals surface area contributed by atoms with E-state index in [1.165, 1.54) is 11.6 Å². The zero-order valence-corrected chi connectivity index (χ0v) is 10.8. The number of rotatable bonds is 3. The van der Waals surface area contributed by atoms with E-state index in [1.807, 2.05) is 24.3 Å². The average Bonchev–Trinajstić information content (AvgIpc) is 2.83. The van der Waals surface area contributed by atoms with Crippen molar-refractivity contribution in [1.82, 2.24) is 0 Å². The third-order valence-corrected chi connectivity index (χ3v) is 3.51. The molecule has 0 fully saturated rings. The molecule has 0 aromatic heterocycles. The van der Waals surface area contributed by atoms with Crippen molar-refractivity contribution in [2.45, 2.75) is 12.8 Å². The summed E-state index contributed by atoms with van der Waals surface area (Å²) in [6.07, 6.45) is 0. The molecule has 0 bridgehead atoms. The second-order valence-corrected chi connectivity index (χ2v) is 4.89. The highest BCUT2D eigenvalue weighted by atomic mass is 19.1. The van der Waals surface area contributed by atoms with E-state index in [2.05, 4.69) is 11.4 Å². The van der Waals surface area contributed by atoms with Crippen LogP contribution < -0.4 is 10.1 Å². The van der Waals surface area contributed by atoms with Crippen LogP contribution in [0, 0.1) is 12.7 Å². The Morgan fingerprint density at radius 3 is 2.95 bits per heavy atom. The summed E-state index contributed by atoms with van der Waals surface area (Å²) in [4.78, 5) is 0. The van der Waals surface area contributed by atoms with Gasteiger partial charge in [-0.3, -0.25) is 0 Å². The molecule has 1 unspecified atom stereocenters. The van der Waals surface area contributed by atoms with Crippen molar-refractivity contribution in [3.63, 3.8) is 0 Å². The van der Waals surface area contributed by atoms with Crippen LogP contribution in [0.1, 0.15) is 17.0 Å². The number of nitrogens with one attached hydrogen (secondary N) is 1. The highest BCUT2D eigenvalue weighted by Gasteiger charge is 2.23. The summed E-state index contributed by atoms with van der Waals surface area (Å²) in [6.45, 7) is 3.27. The zero-order chi connectivity index (χ0) is 13.2. The van der Waals surface area contributed by atoms with Gasteiger partial charge in [0.1, 0.15) is 11.6 Å². The van der Waals surface area contributed by atoms with E-state index in [1.54, 1.807) is 13.0 Å². The van der Waals surface area contributed by atoms with Crippen LogP contribution in [0.25, 0.3) is 0 Å². The largest absolute Gasteiger partial charge is 0.493 e. The van der Waals surface area contributed by atoms with Crippen LogP contribution in [-0.4, -0.2) is 13.2 Å². The molecular formula is C16H16FNO. The fourth-order valence-corrected chi connectivity index (χ4v) is 2.39. The summed E-state index contributed by atoms with van der Waals surface area (Å²) in [5.74, 6) is 1.16. The number of anilines is 1. The maximum atomic E-state index is 13.2. The van der Waals surface area contributed by atoms with E-state index in [9.17, 15) is 4.39 Å². The predicted octanol–water partition coefficient (Wildman–Crippen LogP) is 3.72. The maximum Gasteiger partial charge on any atom is 0.126 e. The monoisotopic (exact) mass is 257 g/mol. The Bertz CT molecular complexity index is 597. The van der Waals surface area contributed by atoms with E-state index >= 15 is 0 Å². The van der Waals surface area contributed by atoms with Gasteiger partial charge in [-0.15, -0.1) is 0 Å². The van der Waals surface area contributed by atoms with Crippen LogP contribution in [0.5, 0.6) is 5.75 Å². The summed E-state index contributed by atoms with van der Waals surface area (Å²) in [5, 5.41) is 3.35. The molecule has 0 aliphatic carbocycles. The molecule has 98 valence electrons. The number of benzene rings is 2.